The first kappa shape index (κ1) is 26.0. The van der Waals surface area contributed by atoms with Crippen molar-refractivity contribution >= 4 is 0 Å². The lowest BCUT2D eigenvalue weighted by Gasteiger charge is -2.62. The molecule has 0 spiro atoms. The van der Waals surface area contributed by atoms with E-state index in [0.29, 0.717) is 16.7 Å². The van der Waals surface area contributed by atoms with Gasteiger partial charge in [-0.3, -0.25) is 0 Å². The maximum Gasteiger partial charge on any atom is 0.385 e. The lowest BCUT2D eigenvalue weighted by atomic mass is 9.55. The monoisotopic (exact) mass is 490 g/mol. The minimum absolute atomic E-state index is 0.0205. The van der Waals surface area contributed by atoms with Crippen molar-refractivity contribution in [1.29, 1.82) is 0 Å². The van der Waals surface area contributed by atoms with E-state index in [1.165, 1.54) is 19.1 Å². The average molecular weight is 490 g/mol. The van der Waals surface area contributed by atoms with Crippen LogP contribution in [-0.4, -0.2) is 33.6 Å². The molecule has 0 bridgehead atoms. The summed E-state index contributed by atoms with van der Waals surface area (Å²) < 4.78 is 92.5. The predicted octanol–water partition coefficient (Wildman–Crippen LogP) is 7.54. The molecular weight excluding hydrogens is 462 g/mol. The molecule has 1 fully saturated rings. The van der Waals surface area contributed by atoms with E-state index >= 15 is 8.78 Å². The van der Waals surface area contributed by atoms with Gasteiger partial charge in [0.1, 0.15) is 5.75 Å². The van der Waals surface area contributed by atoms with Gasteiger partial charge < -0.3 is 14.9 Å². The predicted molar refractivity (Wildman–Crippen MR) is 116 cm³/mol. The number of ether oxygens (including phenoxy) is 1. The zero-order valence-corrected chi connectivity index (χ0v) is 19.7. The minimum atomic E-state index is -5.49. The molecule has 1 aliphatic carbocycles. The normalized spacial score (nSPS) is 26.1. The summed E-state index contributed by atoms with van der Waals surface area (Å²) in [4.78, 5) is 0. The number of aromatic hydroxyl groups is 2. The van der Waals surface area contributed by atoms with Crippen LogP contribution in [0.3, 0.4) is 0 Å². The van der Waals surface area contributed by atoms with Crippen molar-refractivity contribution in [2.75, 3.05) is 0 Å². The van der Waals surface area contributed by atoms with Crippen LogP contribution < -0.4 is 4.74 Å². The van der Waals surface area contributed by atoms with Crippen molar-refractivity contribution in [3.63, 3.8) is 0 Å². The molecule has 2 atom stereocenters. The summed E-state index contributed by atoms with van der Waals surface area (Å²) in [5.74, 6) is -17.4. The highest BCUT2D eigenvalue weighted by atomic mass is 19.3. The van der Waals surface area contributed by atoms with Gasteiger partial charge in [0.15, 0.2) is 11.5 Å². The van der Waals surface area contributed by atoms with E-state index in [1.54, 1.807) is 12.1 Å². The SMILES string of the molecule is CCC(C)(C)C1(F)C(F)(F)C(F)(F)C1(F)Oc1ccc(-c2ccc(C(C)(C)C)c(O)c2)cc1O. The fraction of sp³-hybridized carbons (Fsp3) is 0.520. The van der Waals surface area contributed by atoms with Crippen LogP contribution in [0.4, 0.5) is 26.3 Å². The number of hydrogen-bond acceptors (Lipinski definition) is 3. The zero-order chi connectivity index (χ0) is 26.1. The lowest BCUT2D eigenvalue weighted by molar-refractivity contribution is -0.504. The number of phenols is 2. The summed E-state index contributed by atoms with van der Waals surface area (Å²) in [6.45, 7) is 8.78. The van der Waals surface area contributed by atoms with Crippen LogP contribution in [0, 0.1) is 5.41 Å². The number of rotatable bonds is 5. The van der Waals surface area contributed by atoms with Crippen molar-refractivity contribution in [3.8, 4) is 28.4 Å². The Balaban J connectivity index is 2.01. The summed E-state index contributed by atoms with van der Waals surface area (Å²) >= 11 is 0. The molecule has 0 aromatic heterocycles. The Labute approximate surface area is 194 Å². The molecule has 1 saturated carbocycles. The van der Waals surface area contributed by atoms with Gasteiger partial charge in [-0.15, -0.1) is 0 Å². The molecule has 0 radical (unpaired) electrons. The molecule has 0 amide bonds. The molecule has 9 heteroatoms. The molecule has 188 valence electrons. The van der Waals surface area contributed by atoms with E-state index < -0.39 is 40.3 Å². The van der Waals surface area contributed by atoms with Gasteiger partial charge >= 0.3 is 17.7 Å². The highest BCUT2D eigenvalue weighted by Crippen LogP contribution is 2.73. The Morgan fingerprint density at radius 2 is 1.26 bits per heavy atom. The van der Waals surface area contributed by atoms with Crippen LogP contribution in [0.5, 0.6) is 17.2 Å². The van der Waals surface area contributed by atoms with Crippen LogP contribution in [0.15, 0.2) is 36.4 Å². The van der Waals surface area contributed by atoms with Gasteiger partial charge in [0.2, 0.25) is 0 Å². The molecule has 2 N–H and O–H groups in total. The second-order valence-electron chi connectivity index (χ2n) is 10.4. The first-order valence-electron chi connectivity index (χ1n) is 10.8. The van der Waals surface area contributed by atoms with E-state index in [4.69, 9.17) is 0 Å². The van der Waals surface area contributed by atoms with Gasteiger partial charge in [-0.25, -0.2) is 4.39 Å². The second-order valence-corrected chi connectivity index (χ2v) is 10.4. The average Bonchev–Trinajstić information content (AvgIpc) is 2.72. The minimum Gasteiger partial charge on any atom is -0.508 e. The Morgan fingerprint density at radius 1 is 0.765 bits per heavy atom. The van der Waals surface area contributed by atoms with Gasteiger partial charge in [0, 0.05) is 5.41 Å². The van der Waals surface area contributed by atoms with E-state index in [9.17, 15) is 27.8 Å². The molecule has 3 rings (SSSR count). The summed E-state index contributed by atoms with van der Waals surface area (Å²) in [7, 11) is 0. The van der Waals surface area contributed by atoms with E-state index in [2.05, 4.69) is 4.74 Å². The van der Waals surface area contributed by atoms with Gasteiger partial charge in [-0.2, -0.15) is 22.0 Å². The van der Waals surface area contributed by atoms with Crippen LogP contribution >= 0.6 is 0 Å². The topological polar surface area (TPSA) is 49.7 Å². The summed E-state index contributed by atoms with van der Waals surface area (Å²) in [6.07, 6.45) is -0.386. The molecule has 3 nitrogen and oxygen atoms in total. The van der Waals surface area contributed by atoms with E-state index in [1.807, 2.05) is 20.8 Å². The van der Waals surface area contributed by atoms with Crippen LogP contribution in [0.2, 0.25) is 0 Å². The highest BCUT2D eigenvalue weighted by Gasteiger charge is 3.02. The third-order valence-corrected chi connectivity index (χ3v) is 6.84. The zero-order valence-electron chi connectivity index (χ0n) is 19.7. The van der Waals surface area contributed by atoms with Gasteiger partial charge in [-0.05, 0) is 46.7 Å². The van der Waals surface area contributed by atoms with Crippen LogP contribution in [-0.2, 0) is 5.41 Å². The first-order chi connectivity index (χ1) is 15.3. The standard InChI is InChI=1S/C25H28F6O3/c1-7-21(5,6)22(26)23(27,28)24(29,30)25(22,31)34-19-11-9-15(13-18(19)33)14-8-10-16(17(32)12-14)20(2,3)4/h8-13,32-33H,7H2,1-6H3. The first-order valence-corrected chi connectivity index (χ1v) is 10.8. The maximum absolute atomic E-state index is 15.5. The lowest BCUT2D eigenvalue weighted by Crippen LogP contribution is -2.91. The Kier molecular flexibility index (Phi) is 5.71. The molecule has 0 saturated heterocycles. The molecule has 0 heterocycles. The molecule has 2 aromatic rings. The third-order valence-electron chi connectivity index (χ3n) is 6.84. The molecule has 1 aliphatic rings. The summed E-state index contributed by atoms with van der Waals surface area (Å²) in [6, 6.07) is 7.87. The van der Waals surface area contributed by atoms with Gasteiger partial charge in [0.25, 0.3) is 5.67 Å². The number of alkyl halides is 6. The number of benzene rings is 2. The van der Waals surface area contributed by atoms with Crippen molar-refractivity contribution < 1.29 is 41.3 Å². The maximum atomic E-state index is 15.5. The Morgan fingerprint density at radius 3 is 1.71 bits per heavy atom. The molecule has 2 unspecified atom stereocenters. The van der Waals surface area contributed by atoms with E-state index in [0.717, 1.165) is 26.0 Å². The van der Waals surface area contributed by atoms with Crippen molar-refractivity contribution in [2.24, 2.45) is 5.41 Å². The van der Waals surface area contributed by atoms with Crippen LogP contribution in [0.25, 0.3) is 11.1 Å². The number of halogens is 6. The third kappa shape index (κ3) is 3.18. The van der Waals surface area contributed by atoms with Crippen LogP contribution in [0.1, 0.15) is 53.5 Å². The molecule has 2 aromatic carbocycles. The highest BCUT2D eigenvalue weighted by molar-refractivity contribution is 5.69. The quantitative estimate of drug-likeness (QED) is 0.426. The largest absolute Gasteiger partial charge is 0.508 e. The Bertz CT molecular complexity index is 1110. The second kappa shape index (κ2) is 7.46. The molecule has 0 aliphatic heterocycles. The van der Waals surface area contributed by atoms with Gasteiger partial charge in [0.05, 0.1) is 0 Å². The molecular formula is C25H28F6O3. The summed E-state index contributed by atoms with van der Waals surface area (Å²) in [5.41, 5.74) is -5.57. The van der Waals surface area contributed by atoms with Gasteiger partial charge in [-0.1, -0.05) is 59.7 Å². The Hall–Kier alpha value is -2.58. The van der Waals surface area contributed by atoms with Crippen molar-refractivity contribution in [3.05, 3.63) is 42.0 Å². The number of hydrogen-bond donors (Lipinski definition) is 2. The molecule has 34 heavy (non-hydrogen) atoms. The fourth-order valence-corrected chi connectivity index (χ4v) is 4.29. The summed E-state index contributed by atoms with van der Waals surface area (Å²) in [5, 5.41) is 20.6. The van der Waals surface area contributed by atoms with Crippen molar-refractivity contribution in [2.45, 2.75) is 76.7 Å². The van der Waals surface area contributed by atoms with E-state index in [-0.39, 0.29) is 17.6 Å². The van der Waals surface area contributed by atoms with Crippen molar-refractivity contribution in [1.82, 2.24) is 0 Å². The number of phenolic OH excluding ortho intramolecular Hbond substituents is 2. The smallest absolute Gasteiger partial charge is 0.385 e. The fourth-order valence-electron chi connectivity index (χ4n) is 4.29.